The van der Waals surface area contributed by atoms with Gasteiger partial charge in [0.15, 0.2) is 32.1 Å². The zero-order chi connectivity index (χ0) is 15.0. The van der Waals surface area contributed by atoms with Crippen molar-refractivity contribution >= 4 is 9.84 Å². The fraction of sp³-hybridized carbons (Fsp3) is 0.333. The molecule has 0 heterocycles. The van der Waals surface area contributed by atoms with Gasteiger partial charge in [-0.05, 0) is 0 Å². The van der Waals surface area contributed by atoms with E-state index in [4.69, 9.17) is 0 Å². The van der Waals surface area contributed by atoms with Crippen LogP contribution in [-0.2, 0) is 9.84 Å². The molecule has 0 unspecified atom stereocenters. The molecule has 0 N–H and O–H groups in total. The van der Waals surface area contributed by atoms with E-state index in [1.54, 1.807) is 0 Å². The molecule has 108 valence electrons. The maximum atomic E-state index is 13.3. The molecule has 0 spiro atoms. The lowest BCUT2D eigenvalue weighted by molar-refractivity contribution is 0.0770. The minimum Gasteiger partial charge on any atom is -0.483 e. The fourth-order valence-electron chi connectivity index (χ4n) is 1.20. The number of ether oxygens (including phenoxy) is 1. The van der Waals surface area contributed by atoms with Crippen LogP contribution in [0.1, 0.15) is 0 Å². The van der Waals surface area contributed by atoms with Crippen molar-refractivity contribution in [2.24, 2.45) is 0 Å². The van der Waals surface area contributed by atoms with Crippen molar-refractivity contribution in [2.75, 3.05) is 12.9 Å². The van der Waals surface area contributed by atoms with Crippen molar-refractivity contribution in [3.05, 3.63) is 23.3 Å². The lowest BCUT2D eigenvalue weighted by Gasteiger charge is -2.13. The van der Waals surface area contributed by atoms with Gasteiger partial charge in [-0.15, -0.1) is 0 Å². The van der Waals surface area contributed by atoms with E-state index in [9.17, 15) is 34.8 Å². The molecule has 0 bridgehead atoms. The first-order chi connectivity index (χ1) is 8.57. The molecule has 1 aromatic carbocycles. The summed E-state index contributed by atoms with van der Waals surface area (Å²) in [4.78, 5) is -1.65. The molecule has 3 nitrogen and oxygen atoms in total. The largest absolute Gasteiger partial charge is 0.483 e. The monoisotopic (exact) mass is 308 g/mol. The lowest BCUT2D eigenvalue weighted by atomic mass is 10.3. The van der Waals surface area contributed by atoms with Crippen LogP contribution < -0.4 is 4.74 Å². The molecule has 0 saturated heterocycles. The second-order valence-corrected chi connectivity index (χ2v) is 5.34. The minimum atomic E-state index is -4.57. The highest BCUT2D eigenvalue weighted by molar-refractivity contribution is 7.90. The van der Waals surface area contributed by atoms with Crippen molar-refractivity contribution in [2.45, 2.75) is 11.3 Å². The number of rotatable bonds is 4. The Labute approximate surface area is 103 Å². The number of benzene rings is 1. The van der Waals surface area contributed by atoms with Crippen LogP contribution in [0.2, 0.25) is 0 Å². The van der Waals surface area contributed by atoms with Crippen LogP contribution in [0.3, 0.4) is 0 Å². The summed E-state index contributed by atoms with van der Waals surface area (Å²) in [5.41, 5.74) is 0. The van der Waals surface area contributed by atoms with Crippen LogP contribution in [0.4, 0.5) is 26.3 Å². The summed E-state index contributed by atoms with van der Waals surface area (Å²) in [6, 6.07) is 0. The SMILES string of the molecule is CS(=O)(=O)c1c(F)c(F)c(F)c(F)c1OCC(F)F. The van der Waals surface area contributed by atoms with Gasteiger partial charge in [0.1, 0.15) is 6.61 Å². The van der Waals surface area contributed by atoms with Gasteiger partial charge >= 0.3 is 0 Å². The van der Waals surface area contributed by atoms with Crippen molar-refractivity contribution in [1.82, 2.24) is 0 Å². The third-order valence-corrected chi connectivity index (χ3v) is 3.01. The summed E-state index contributed by atoms with van der Waals surface area (Å²) >= 11 is 0. The van der Waals surface area contributed by atoms with E-state index in [0.29, 0.717) is 6.26 Å². The lowest BCUT2D eigenvalue weighted by Crippen LogP contribution is -2.15. The Morgan fingerprint density at radius 2 is 1.47 bits per heavy atom. The Morgan fingerprint density at radius 3 is 1.89 bits per heavy atom. The number of hydrogen-bond acceptors (Lipinski definition) is 3. The summed E-state index contributed by atoms with van der Waals surface area (Å²) in [5.74, 6) is -10.8. The molecular formula is C9H6F6O3S. The molecule has 1 aromatic rings. The maximum absolute atomic E-state index is 13.3. The highest BCUT2D eigenvalue weighted by atomic mass is 32.2. The molecular weight excluding hydrogens is 302 g/mol. The second kappa shape index (κ2) is 5.27. The smallest absolute Gasteiger partial charge is 0.272 e. The van der Waals surface area contributed by atoms with Crippen LogP contribution in [0.25, 0.3) is 0 Å². The van der Waals surface area contributed by atoms with Gasteiger partial charge in [0.25, 0.3) is 6.43 Å². The van der Waals surface area contributed by atoms with Crippen LogP contribution >= 0.6 is 0 Å². The normalized spacial score (nSPS) is 12.0. The van der Waals surface area contributed by atoms with Gasteiger partial charge in [0.2, 0.25) is 11.6 Å². The van der Waals surface area contributed by atoms with Gasteiger partial charge < -0.3 is 4.74 Å². The summed E-state index contributed by atoms with van der Waals surface area (Å²) in [7, 11) is -4.57. The number of sulfone groups is 1. The molecule has 0 fully saturated rings. The van der Waals surface area contributed by atoms with Crippen LogP contribution in [0.15, 0.2) is 4.90 Å². The van der Waals surface area contributed by atoms with Crippen molar-refractivity contribution in [3.63, 3.8) is 0 Å². The fourth-order valence-corrected chi connectivity index (χ4v) is 2.10. The number of hydrogen-bond donors (Lipinski definition) is 0. The zero-order valence-electron chi connectivity index (χ0n) is 9.19. The molecule has 0 aliphatic heterocycles. The molecule has 0 radical (unpaired) electrons. The van der Waals surface area contributed by atoms with Gasteiger partial charge in [0.05, 0.1) is 0 Å². The van der Waals surface area contributed by atoms with E-state index in [2.05, 4.69) is 4.74 Å². The van der Waals surface area contributed by atoms with Crippen molar-refractivity contribution in [3.8, 4) is 5.75 Å². The Balaban J connectivity index is 3.58. The molecule has 0 atom stereocenters. The molecule has 19 heavy (non-hydrogen) atoms. The second-order valence-electron chi connectivity index (χ2n) is 3.39. The third kappa shape index (κ3) is 3.11. The molecule has 0 aliphatic carbocycles. The Morgan fingerprint density at radius 1 is 1.00 bits per heavy atom. The average molecular weight is 308 g/mol. The summed E-state index contributed by atoms with van der Waals surface area (Å²) in [6.45, 7) is -1.51. The Hall–Kier alpha value is -1.45. The molecule has 0 saturated carbocycles. The van der Waals surface area contributed by atoms with E-state index in [-0.39, 0.29) is 0 Å². The van der Waals surface area contributed by atoms with Gasteiger partial charge in [-0.2, -0.15) is 4.39 Å². The van der Waals surface area contributed by atoms with E-state index in [1.165, 1.54) is 0 Å². The van der Waals surface area contributed by atoms with Gasteiger partial charge in [-0.3, -0.25) is 0 Å². The molecule has 0 amide bonds. The highest BCUT2D eigenvalue weighted by Gasteiger charge is 2.32. The Kier molecular flexibility index (Phi) is 4.33. The predicted octanol–water partition coefficient (Wildman–Crippen LogP) is 2.29. The van der Waals surface area contributed by atoms with E-state index in [0.717, 1.165) is 0 Å². The van der Waals surface area contributed by atoms with E-state index in [1.807, 2.05) is 0 Å². The topological polar surface area (TPSA) is 43.4 Å². The van der Waals surface area contributed by atoms with Gasteiger partial charge in [-0.1, -0.05) is 0 Å². The predicted molar refractivity (Wildman–Crippen MR) is 50.9 cm³/mol. The number of halogens is 6. The van der Waals surface area contributed by atoms with Crippen LogP contribution in [0.5, 0.6) is 5.75 Å². The molecule has 10 heteroatoms. The first kappa shape index (κ1) is 15.6. The molecule has 0 aliphatic rings. The highest BCUT2D eigenvalue weighted by Crippen LogP contribution is 2.34. The van der Waals surface area contributed by atoms with Crippen molar-refractivity contribution < 1.29 is 39.5 Å². The van der Waals surface area contributed by atoms with Crippen molar-refractivity contribution in [1.29, 1.82) is 0 Å². The summed E-state index contributed by atoms with van der Waals surface area (Å²) in [5, 5.41) is 0. The van der Waals surface area contributed by atoms with Gasteiger partial charge in [0, 0.05) is 6.26 Å². The first-order valence-corrected chi connectivity index (χ1v) is 6.43. The standard InChI is InChI=1S/C9H6F6O3S/c1-19(16,17)9-7(15)5(13)4(12)6(14)8(9)18-2-3(10)11/h3H,2H2,1H3. The maximum Gasteiger partial charge on any atom is 0.272 e. The summed E-state index contributed by atoms with van der Waals surface area (Å²) < 4.78 is 103. The third-order valence-electron chi connectivity index (χ3n) is 1.91. The van der Waals surface area contributed by atoms with Crippen LogP contribution in [0, 0.1) is 23.3 Å². The van der Waals surface area contributed by atoms with Gasteiger partial charge in [-0.25, -0.2) is 30.4 Å². The average Bonchev–Trinajstić information content (AvgIpc) is 2.27. The zero-order valence-corrected chi connectivity index (χ0v) is 10.0. The van der Waals surface area contributed by atoms with E-state index >= 15 is 0 Å². The molecule has 0 aromatic heterocycles. The van der Waals surface area contributed by atoms with E-state index < -0.39 is 56.8 Å². The summed E-state index contributed by atoms with van der Waals surface area (Å²) in [6.07, 6.45) is -2.79. The quantitative estimate of drug-likeness (QED) is 0.371. The van der Waals surface area contributed by atoms with Crippen LogP contribution in [-0.4, -0.2) is 27.7 Å². The minimum absolute atomic E-state index is 0.359. The number of alkyl halides is 2. The first-order valence-electron chi connectivity index (χ1n) is 4.54. The molecule has 1 rings (SSSR count). The Bertz CT molecular complexity index is 599.